The van der Waals surface area contributed by atoms with Crippen LogP contribution in [0.3, 0.4) is 0 Å². The Morgan fingerprint density at radius 2 is 2.11 bits per heavy atom. The van der Waals surface area contributed by atoms with E-state index in [2.05, 4.69) is 21.4 Å². The molecule has 0 aromatic carbocycles. The first-order valence-corrected chi connectivity index (χ1v) is 7.24. The summed E-state index contributed by atoms with van der Waals surface area (Å²) in [7, 11) is 2.05. The predicted octanol–water partition coefficient (Wildman–Crippen LogP) is 1.38. The normalized spacial score (nSPS) is 21.7. The maximum atomic E-state index is 4.28. The summed E-state index contributed by atoms with van der Waals surface area (Å²) in [6.45, 7) is 4.76. The quantitative estimate of drug-likeness (QED) is 0.854. The van der Waals surface area contributed by atoms with Crippen LogP contribution in [0, 0.1) is 5.92 Å². The number of nitrogens with zero attached hydrogens (tertiary/aromatic N) is 3. The van der Waals surface area contributed by atoms with Gasteiger partial charge in [-0.2, -0.15) is 5.10 Å². The van der Waals surface area contributed by atoms with Gasteiger partial charge in [-0.25, -0.2) is 0 Å². The summed E-state index contributed by atoms with van der Waals surface area (Å²) in [6, 6.07) is 2.99. The monoisotopic (exact) mass is 248 g/mol. The zero-order valence-corrected chi connectivity index (χ0v) is 11.3. The Hall–Kier alpha value is -0.870. The minimum atomic E-state index is 0.842. The molecule has 0 radical (unpaired) electrons. The van der Waals surface area contributed by atoms with Crippen LogP contribution in [-0.4, -0.2) is 40.4 Å². The van der Waals surface area contributed by atoms with Gasteiger partial charge >= 0.3 is 0 Å². The van der Waals surface area contributed by atoms with E-state index < -0.39 is 0 Å². The number of aromatic nitrogens is 2. The summed E-state index contributed by atoms with van der Waals surface area (Å²) in [6.07, 6.45) is 7.37. The van der Waals surface area contributed by atoms with Crippen molar-refractivity contribution in [1.82, 2.24) is 20.0 Å². The molecule has 1 aromatic rings. The molecule has 1 saturated heterocycles. The molecule has 3 rings (SSSR count). The Balaban J connectivity index is 1.59. The summed E-state index contributed by atoms with van der Waals surface area (Å²) >= 11 is 0. The van der Waals surface area contributed by atoms with Gasteiger partial charge in [-0.1, -0.05) is 0 Å². The van der Waals surface area contributed by atoms with Gasteiger partial charge in [-0.3, -0.25) is 9.58 Å². The third kappa shape index (κ3) is 2.93. The Kier molecular flexibility index (Phi) is 3.66. The lowest BCUT2D eigenvalue weighted by Crippen LogP contribution is -2.37. The van der Waals surface area contributed by atoms with Crippen molar-refractivity contribution in [3.05, 3.63) is 18.0 Å². The fraction of sp³-hybridized carbons (Fsp3) is 0.786. The number of hydrogen-bond acceptors (Lipinski definition) is 3. The molecule has 1 aliphatic heterocycles. The van der Waals surface area contributed by atoms with E-state index in [0.29, 0.717) is 0 Å². The van der Waals surface area contributed by atoms with Crippen molar-refractivity contribution < 1.29 is 0 Å². The van der Waals surface area contributed by atoms with Gasteiger partial charge in [-0.05, 0) is 50.8 Å². The van der Waals surface area contributed by atoms with Crippen molar-refractivity contribution >= 4 is 0 Å². The molecular formula is C14H24N4. The SMILES string of the molecule is Cn1nccc1CN(CC1CCNCC1)C1CC1. The second-order valence-corrected chi connectivity index (χ2v) is 5.80. The van der Waals surface area contributed by atoms with Gasteiger partial charge in [0.05, 0.1) is 5.69 Å². The molecule has 1 N–H and O–H groups in total. The van der Waals surface area contributed by atoms with Gasteiger partial charge in [0.2, 0.25) is 0 Å². The van der Waals surface area contributed by atoms with E-state index in [-0.39, 0.29) is 0 Å². The predicted molar refractivity (Wildman–Crippen MR) is 72.2 cm³/mol. The van der Waals surface area contributed by atoms with E-state index in [1.807, 2.05) is 17.9 Å². The summed E-state index contributed by atoms with van der Waals surface area (Å²) in [5.41, 5.74) is 1.34. The number of hydrogen-bond donors (Lipinski definition) is 1. The molecule has 0 atom stereocenters. The van der Waals surface area contributed by atoms with E-state index in [0.717, 1.165) is 18.5 Å². The van der Waals surface area contributed by atoms with Gasteiger partial charge in [-0.15, -0.1) is 0 Å². The van der Waals surface area contributed by atoms with Gasteiger partial charge in [0, 0.05) is 32.4 Å². The maximum Gasteiger partial charge on any atom is 0.0521 e. The number of aryl methyl sites for hydroxylation is 1. The van der Waals surface area contributed by atoms with Crippen molar-refractivity contribution in [2.45, 2.75) is 38.3 Å². The van der Waals surface area contributed by atoms with Crippen LogP contribution in [0.4, 0.5) is 0 Å². The molecular weight excluding hydrogens is 224 g/mol. The summed E-state index contributed by atoms with van der Waals surface area (Å²) in [5, 5.41) is 7.73. The van der Waals surface area contributed by atoms with Crippen molar-refractivity contribution in [3.63, 3.8) is 0 Å². The summed E-state index contributed by atoms with van der Waals surface area (Å²) in [5.74, 6) is 0.889. The average molecular weight is 248 g/mol. The minimum Gasteiger partial charge on any atom is -0.317 e. The van der Waals surface area contributed by atoms with E-state index in [1.54, 1.807) is 0 Å². The van der Waals surface area contributed by atoms with Crippen LogP contribution in [0.15, 0.2) is 12.3 Å². The van der Waals surface area contributed by atoms with E-state index >= 15 is 0 Å². The largest absolute Gasteiger partial charge is 0.317 e. The van der Waals surface area contributed by atoms with Crippen molar-refractivity contribution in [2.24, 2.45) is 13.0 Å². The highest BCUT2D eigenvalue weighted by Crippen LogP contribution is 2.30. The van der Waals surface area contributed by atoms with Gasteiger partial charge in [0.25, 0.3) is 0 Å². The molecule has 0 spiro atoms. The fourth-order valence-electron chi connectivity index (χ4n) is 2.94. The first-order valence-electron chi connectivity index (χ1n) is 7.24. The molecule has 4 heteroatoms. The highest BCUT2D eigenvalue weighted by molar-refractivity contribution is 5.01. The highest BCUT2D eigenvalue weighted by Gasteiger charge is 2.31. The maximum absolute atomic E-state index is 4.28. The lowest BCUT2D eigenvalue weighted by molar-refractivity contribution is 0.186. The molecule has 1 aliphatic carbocycles. The number of rotatable bonds is 5. The molecule has 0 bridgehead atoms. The second kappa shape index (κ2) is 5.41. The molecule has 0 amide bonds. The van der Waals surface area contributed by atoms with Gasteiger partial charge < -0.3 is 5.32 Å². The third-order valence-corrected chi connectivity index (χ3v) is 4.30. The minimum absolute atomic E-state index is 0.842. The Labute approximate surface area is 109 Å². The van der Waals surface area contributed by atoms with Crippen molar-refractivity contribution in [3.8, 4) is 0 Å². The fourth-order valence-corrected chi connectivity index (χ4v) is 2.94. The lowest BCUT2D eigenvalue weighted by Gasteiger charge is -2.30. The first kappa shape index (κ1) is 12.2. The van der Waals surface area contributed by atoms with Gasteiger partial charge in [0.1, 0.15) is 0 Å². The van der Waals surface area contributed by atoms with Crippen molar-refractivity contribution in [1.29, 1.82) is 0 Å². The molecule has 18 heavy (non-hydrogen) atoms. The smallest absolute Gasteiger partial charge is 0.0521 e. The van der Waals surface area contributed by atoms with Crippen LogP contribution in [0.5, 0.6) is 0 Å². The van der Waals surface area contributed by atoms with Gasteiger partial charge in [0.15, 0.2) is 0 Å². The van der Waals surface area contributed by atoms with Crippen LogP contribution in [-0.2, 0) is 13.6 Å². The van der Waals surface area contributed by atoms with Crippen LogP contribution in [0.1, 0.15) is 31.4 Å². The van der Waals surface area contributed by atoms with E-state index in [9.17, 15) is 0 Å². The molecule has 100 valence electrons. The topological polar surface area (TPSA) is 33.1 Å². The molecule has 2 aliphatic rings. The highest BCUT2D eigenvalue weighted by atomic mass is 15.3. The number of piperidine rings is 1. The standard InChI is InChI=1S/C14H24N4/c1-17-14(6-9-16-17)11-18(13-2-3-13)10-12-4-7-15-8-5-12/h6,9,12-13,15H,2-5,7-8,10-11H2,1H3. The van der Waals surface area contributed by atoms with Crippen LogP contribution >= 0.6 is 0 Å². The molecule has 2 heterocycles. The third-order valence-electron chi connectivity index (χ3n) is 4.30. The van der Waals surface area contributed by atoms with E-state index in [4.69, 9.17) is 0 Å². The second-order valence-electron chi connectivity index (χ2n) is 5.80. The Morgan fingerprint density at radius 1 is 1.33 bits per heavy atom. The summed E-state index contributed by atoms with van der Waals surface area (Å²) in [4.78, 5) is 2.69. The van der Waals surface area contributed by atoms with Crippen LogP contribution in [0.2, 0.25) is 0 Å². The summed E-state index contributed by atoms with van der Waals surface area (Å²) < 4.78 is 2.01. The molecule has 1 saturated carbocycles. The van der Waals surface area contributed by atoms with Crippen LogP contribution < -0.4 is 5.32 Å². The number of nitrogens with one attached hydrogen (secondary N) is 1. The first-order chi connectivity index (χ1) is 8.83. The van der Waals surface area contributed by atoms with E-state index in [1.165, 1.54) is 51.0 Å². The zero-order valence-electron chi connectivity index (χ0n) is 11.3. The molecule has 0 unspecified atom stereocenters. The lowest BCUT2D eigenvalue weighted by atomic mass is 9.97. The van der Waals surface area contributed by atoms with Crippen LogP contribution in [0.25, 0.3) is 0 Å². The Morgan fingerprint density at radius 3 is 2.72 bits per heavy atom. The molecule has 4 nitrogen and oxygen atoms in total. The zero-order chi connectivity index (χ0) is 12.4. The average Bonchev–Trinajstić information content (AvgIpc) is 3.16. The Bertz CT molecular complexity index is 377. The molecule has 2 fully saturated rings. The molecule has 1 aromatic heterocycles. The van der Waals surface area contributed by atoms with Crippen molar-refractivity contribution in [2.75, 3.05) is 19.6 Å².